The molecule has 0 saturated heterocycles. The fraction of sp³-hybridized carbons (Fsp3) is 0.0968. The van der Waals surface area contributed by atoms with E-state index in [1.165, 1.54) is 23.4 Å². The van der Waals surface area contributed by atoms with Crippen LogP contribution in [0.3, 0.4) is 0 Å². The van der Waals surface area contributed by atoms with Gasteiger partial charge in [0.05, 0.1) is 18.1 Å². The number of hydrogen-bond acceptors (Lipinski definition) is 8. The quantitative estimate of drug-likeness (QED) is 0.203. The number of amides is 2. The van der Waals surface area contributed by atoms with Crippen LogP contribution in [0.1, 0.15) is 4.79 Å². The maximum Gasteiger partial charge on any atom is 0.413 e. The summed E-state index contributed by atoms with van der Waals surface area (Å²) in [6.07, 6.45) is -0.753. The Morgan fingerprint density at radius 2 is 1.38 bits per heavy atom. The Morgan fingerprint density at radius 3 is 2.02 bits per heavy atom. The molecule has 2 amide bonds. The number of para-hydroxylation sites is 2. The van der Waals surface area contributed by atoms with E-state index >= 15 is 0 Å². The summed E-state index contributed by atoms with van der Waals surface area (Å²) in [7, 11) is 1.23. The first-order valence-electron chi connectivity index (χ1n) is 12.8. The van der Waals surface area contributed by atoms with Gasteiger partial charge in [-0.1, -0.05) is 48.2 Å². The first-order chi connectivity index (χ1) is 20.5. The van der Waals surface area contributed by atoms with Crippen molar-refractivity contribution < 1.29 is 28.6 Å². The van der Waals surface area contributed by atoms with Crippen LogP contribution in [0.25, 0.3) is 11.0 Å². The van der Waals surface area contributed by atoms with E-state index in [1.54, 1.807) is 42.5 Å². The topological polar surface area (TPSA) is 121 Å². The lowest BCUT2D eigenvalue weighted by atomic mass is 10.3. The molecule has 0 saturated carbocycles. The molecule has 0 bridgehead atoms. The van der Waals surface area contributed by atoms with Crippen molar-refractivity contribution >= 4 is 52.3 Å². The van der Waals surface area contributed by atoms with Crippen LogP contribution >= 0.6 is 11.8 Å². The monoisotopic (exact) mass is 582 g/mol. The van der Waals surface area contributed by atoms with Gasteiger partial charge in [-0.25, -0.2) is 14.3 Å². The molecule has 1 heterocycles. The Kier molecular flexibility index (Phi) is 9.00. The molecular formula is C31H26N4O6S. The van der Waals surface area contributed by atoms with Crippen molar-refractivity contribution in [3.63, 3.8) is 0 Å². The SMILES string of the molecule is COC(=O)Nc1nc2cc(Sc3ccc(NC(=O)COc4ccccc4)cc3)ccc2n1C(=O)COc1ccccc1. The number of anilines is 2. The Morgan fingerprint density at radius 1 is 0.762 bits per heavy atom. The molecule has 0 unspecified atom stereocenters. The minimum Gasteiger partial charge on any atom is -0.484 e. The van der Waals surface area contributed by atoms with Gasteiger partial charge in [-0.3, -0.25) is 14.9 Å². The molecule has 2 N–H and O–H groups in total. The first-order valence-corrected chi connectivity index (χ1v) is 13.6. The fourth-order valence-electron chi connectivity index (χ4n) is 3.93. The van der Waals surface area contributed by atoms with E-state index in [4.69, 9.17) is 14.2 Å². The fourth-order valence-corrected chi connectivity index (χ4v) is 4.78. The number of fused-ring (bicyclic) bond motifs is 1. The van der Waals surface area contributed by atoms with Gasteiger partial charge in [0.25, 0.3) is 11.8 Å². The second kappa shape index (κ2) is 13.4. The number of benzene rings is 4. The lowest BCUT2D eigenvalue weighted by Gasteiger charge is -2.10. The molecule has 10 nitrogen and oxygen atoms in total. The zero-order valence-electron chi connectivity index (χ0n) is 22.5. The van der Waals surface area contributed by atoms with Crippen molar-refractivity contribution in [1.29, 1.82) is 0 Å². The maximum atomic E-state index is 13.1. The standard InChI is InChI=1S/C31H26N4O6S/c1-39-31(38)34-30-33-26-18-25(16-17-27(26)35(30)29(37)20-41-23-10-6-3-7-11-23)42-24-14-12-21(13-15-24)32-28(36)19-40-22-8-4-2-5-9-22/h2-18H,19-20H2,1H3,(H,32,36)(H,33,34,38). The summed E-state index contributed by atoms with van der Waals surface area (Å²) in [5.41, 5.74) is 1.65. The number of methoxy groups -OCH3 is 1. The molecule has 0 atom stereocenters. The first kappa shape index (κ1) is 28.2. The highest BCUT2D eigenvalue weighted by Gasteiger charge is 2.20. The minimum absolute atomic E-state index is 0.0250. The number of rotatable bonds is 10. The third kappa shape index (κ3) is 7.26. The number of carbonyl (C=O) groups excluding carboxylic acids is 3. The maximum absolute atomic E-state index is 13.1. The predicted molar refractivity (Wildman–Crippen MR) is 159 cm³/mol. The van der Waals surface area contributed by atoms with E-state index in [0.29, 0.717) is 28.2 Å². The Balaban J connectivity index is 1.26. The molecule has 0 fully saturated rings. The van der Waals surface area contributed by atoms with E-state index in [9.17, 15) is 14.4 Å². The summed E-state index contributed by atoms with van der Waals surface area (Å²) in [6, 6.07) is 30.9. The third-order valence-corrected chi connectivity index (χ3v) is 6.86. The summed E-state index contributed by atoms with van der Waals surface area (Å²) in [6.45, 7) is -0.357. The van der Waals surface area contributed by atoms with Gasteiger partial charge in [0.1, 0.15) is 11.5 Å². The smallest absolute Gasteiger partial charge is 0.413 e. The van der Waals surface area contributed by atoms with Crippen molar-refractivity contribution in [2.45, 2.75) is 9.79 Å². The normalized spacial score (nSPS) is 10.6. The summed E-state index contributed by atoms with van der Waals surface area (Å²) < 4.78 is 17.1. The van der Waals surface area contributed by atoms with Crippen molar-refractivity contribution in [3.8, 4) is 11.5 Å². The number of nitrogens with zero attached hydrogens (tertiary/aromatic N) is 2. The zero-order chi connectivity index (χ0) is 29.3. The summed E-state index contributed by atoms with van der Waals surface area (Å²) in [5, 5.41) is 5.32. The summed E-state index contributed by atoms with van der Waals surface area (Å²) in [5.74, 6) is 0.513. The second-order valence-corrected chi connectivity index (χ2v) is 9.96. The Bertz CT molecular complexity index is 1690. The summed E-state index contributed by atoms with van der Waals surface area (Å²) >= 11 is 1.48. The van der Waals surface area contributed by atoms with Crippen LogP contribution in [-0.4, -0.2) is 47.8 Å². The molecular weight excluding hydrogens is 556 g/mol. The number of hydrogen-bond donors (Lipinski definition) is 2. The molecule has 0 spiro atoms. The molecule has 0 aliphatic rings. The molecule has 5 aromatic rings. The van der Waals surface area contributed by atoms with E-state index in [0.717, 1.165) is 9.79 Å². The molecule has 0 aliphatic heterocycles. The van der Waals surface area contributed by atoms with Crippen LogP contribution in [0.15, 0.2) is 113 Å². The third-order valence-electron chi connectivity index (χ3n) is 5.87. The van der Waals surface area contributed by atoms with Crippen LogP contribution in [0.4, 0.5) is 16.4 Å². The zero-order valence-corrected chi connectivity index (χ0v) is 23.3. The molecule has 1 aromatic heterocycles. The molecule has 0 aliphatic carbocycles. The predicted octanol–water partition coefficient (Wildman–Crippen LogP) is 6.10. The van der Waals surface area contributed by atoms with Crippen LogP contribution in [0, 0.1) is 0 Å². The number of carbonyl (C=O) groups is 3. The average Bonchev–Trinajstić information content (AvgIpc) is 3.37. The molecule has 42 heavy (non-hydrogen) atoms. The molecule has 11 heteroatoms. The van der Waals surface area contributed by atoms with E-state index in [-0.39, 0.29) is 25.1 Å². The Labute approximate surface area is 245 Å². The van der Waals surface area contributed by atoms with Gasteiger partial charge < -0.3 is 19.5 Å². The van der Waals surface area contributed by atoms with Gasteiger partial charge in [0, 0.05) is 15.5 Å². The van der Waals surface area contributed by atoms with Crippen molar-refractivity contribution in [1.82, 2.24) is 9.55 Å². The van der Waals surface area contributed by atoms with Crippen molar-refractivity contribution in [2.24, 2.45) is 0 Å². The van der Waals surface area contributed by atoms with Gasteiger partial charge in [0.2, 0.25) is 5.95 Å². The molecule has 0 radical (unpaired) electrons. The van der Waals surface area contributed by atoms with E-state index < -0.39 is 12.0 Å². The van der Waals surface area contributed by atoms with Crippen LogP contribution in [0.5, 0.6) is 11.5 Å². The van der Waals surface area contributed by atoms with Gasteiger partial charge in [0.15, 0.2) is 13.2 Å². The van der Waals surface area contributed by atoms with Gasteiger partial charge in [-0.15, -0.1) is 0 Å². The highest BCUT2D eigenvalue weighted by atomic mass is 32.2. The second-order valence-electron chi connectivity index (χ2n) is 8.81. The number of ether oxygens (including phenoxy) is 3. The average molecular weight is 583 g/mol. The van der Waals surface area contributed by atoms with Crippen LogP contribution in [0.2, 0.25) is 0 Å². The van der Waals surface area contributed by atoms with Crippen LogP contribution < -0.4 is 20.1 Å². The van der Waals surface area contributed by atoms with E-state index in [2.05, 4.69) is 15.6 Å². The highest BCUT2D eigenvalue weighted by Crippen LogP contribution is 2.32. The molecule has 5 rings (SSSR count). The highest BCUT2D eigenvalue weighted by molar-refractivity contribution is 7.99. The van der Waals surface area contributed by atoms with Crippen molar-refractivity contribution in [2.75, 3.05) is 31.0 Å². The lowest BCUT2D eigenvalue weighted by molar-refractivity contribution is -0.118. The van der Waals surface area contributed by atoms with Crippen LogP contribution in [-0.2, 0) is 9.53 Å². The lowest BCUT2D eigenvalue weighted by Crippen LogP contribution is -2.23. The van der Waals surface area contributed by atoms with E-state index in [1.807, 2.05) is 60.7 Å². The van der Waals surface area contributed by atoms with Gasteiger partial charge >= 0.3 is 6.09 Å². The summed E-state index contributed by atoms with van der Waals surface area (Å²) in [4.78, 5) is 43.6. The largest absolute Gasteiger partial charge is 0.484 e. The molecule has 212 valence electrons. The number of nitrogens with one attached hydrogen (secondary N) is 2. The molecule has 4 aromatic carbocycles. The number of aromatic nitrogens is 2. The van der Waals surface area contributed by atoms with Crippen molar-refractivity contribution in [3.05, 3.63) is 103 Å². The number of imidazole rings is 1. The van der Waals surface area contributed by atoms with Gasteiger partial charge in [-0.2, -0.15) is 0 Å². The van der Waals surface area contributed by atoms with Gasteiger partial charge in [-0.05, 0) is 66.7 Å². The Hall–Kier alpha value is -5.29. The minimum atomic E-state index is -0.753.